The molecule has 152 valence electrons. The van der Waals surface area contributed by atoms with E-state index in [2.05, 4.69) is 10.3 Å². The molecule has 9 heteroatoms. The van der Waals surface area contributed by atoms with Gasteiger partial charge in [-0.3, -0.25) is 9.59 Å². The lowest BCUT2D eigenvalue weighted by atomic mass is 9.97. The minimum absolute atomic E-state index is 0.0160. The molecular formula is C20H21FN4O3S. The number of nitrogens with zero attached hydrogens (tertiary/aromatic N) is 3. The highest BCUT2D eigenvalue weighted by Gasteiger charge is 2.28. The predicted octanol–water partition coefficient (Wildman–Crippen LogP) is 2.32. The molecule has 2 amide bonds. The second kappa shape index (κ2) is 9.58. The number of carbonyl (C=O) groups is 2. The standard InChI is InChI=1S/C20H21FN4O3S/c1-28-11-19(26)25-6-2-3-14(10-25)20(27)23-9-18-24-17(12-29-18)15-5-4-13(8-22)7-16(15)21/h4-5,7,12,14H,2-3,6,9-11H2,1H3,(H,23,27)/t14-/m0/s1. The summed E-state index contributed by atoms with van der Waals surface area (Å²) < 4.78 is 19.0. The second-order valence-electron chi connectivity index (χ2n) is 6.76. The Bertz CT molecular complexity index is 940. The largest absolute Gasteiger partial charge is 0.375 e. The first kappa shape index (κ1) is 20.9. The molecule has 0 radical (unpaired) electrons. The van der Waals surface area contributed by atoms with Crippen molar-refractivity contribution in [1.29, 1.82) is 5.26 Å². The van der Waals surface area contributed by atoms with Gasteiger partial charge < -0.3 is 15.0 Å². The number of carbonyl (C=O) groups excluding carboxylic acids is 2. The average molecular weight is 416 g/mol. The Morgan fingerprint density at radius 1 is 1.48 bits per heavy atom. The van der Waals surface area contributed by atoms with Gasteiger partial charge in [0.2, 0.25) is 11.8 Å². The SMILES string of the molecule is COCC(=O)N1CCC[C@H](C(=O)NCc2nc(-c3ccc(C#N)cc3F)cs2)C1. The van der Waals surface area contributed by atoms with E-state index in [0.717, 1.165) is 12.8 Å². The number of halogens is 1. The third-order valence-electron chi connectivity index (χ3n) is 4.75. The van der Waals surface area contributed by atoms with Crippen molar-refractivity contribution in [3.63, 3.8) is 0 Å². The van der Waals surface area contributed by atoms with Crippen molar-refractivity contribution in [2.75, 3.05) is 26.8 Å². The first-order valence-corrected chi connectivity index (χ1v) is 10.1. The number of rotatable bonds is 6. The van der Waals surface area contributed by atoms with Gasteiger partial charge in [0.25, 0.3) is 0 Å². The number of nitriles is 1. The summed E-state index contributed by atoms with van der Waals surface area (Å²) in [6, 6.07) is 6.14. The Labute approximate surface area is 172 Å². The number of hydrogen-bond acceptors (Lipinski definition) is 6. The van der Waals surface area contributed by atoms with Crippen molar-refractivity contribution in [1.82, 2.24) is 15.2 Å². The molecule has 1 aliphatic heterocycles. The number of hydrogen-bond donors (Lipinski definition) is 1. The molecule has 29 heavy (non-hydrogen) atoms. The highest BCUT2D eigenvalue weighted by molar-refractivity contribution is 7.09. The number of amides is 2. The third kappa shape index (κ3) is 5.16. The molecule has 1 fully saturated rings. The maximum atomic E-state index is 14.1. The van der Waals surface area contributed by atoms with Crippen molar-refractivity contribution >= 4 is 23.2 Å². The van der Waals surface area contributed by atoms with Crippen LogP contribution in [0.1, 0.15) is 23.4 Å². The zero-order valence-corrected chi connectivity index (χ0v) is 16.8. The molecular weight excluding hydrogens is 395 g/mol. The van der Waals surface area contributed by atoms with Gasteiger partial charge in [-0.15, -0.1) is 11.3 Å². The van der Waals surface area contributed by atoms with E-state index in [1.54, 1.807) is 16.3 Å². The molecule has 0 saturated carbocycles. The Kier molecular flexibility index (Phi) is 6.90. The minimum Gasteiger partial charge on any atom is -0.375 e. The molecule has 2 aromatic rings. The van der Waals surface area contributed by atoms with Crippen LogP contribution in [0.3, 0.4) is 0 Å². The molecule has 1 saturated heterocycles. The molecule has 3 rings (SSSR count). The van der Waals surface area contributed by atoms with Crippen molar-refractivity contribution in [3.05, 3.63) is 40.0 Å². The van der Waals surface area contributed by atoms with E-state index in [1.165, 1.54) is 30.6 Å². The fourth-order valence-electron chi connectivity index (χ4n) is 3.25. The lowest BCUT2D eigenvalue weighted by Crippen LogP contribution is -2.46. The van der Waals surface area contributed by atoms with Crippen LogP contribution in [0.15, 0.2) is 23.6 Å². The minimum atomic E-state index is -0.507. The summed E-state index contributed by atoms with van der Waals surface area (Å²) in [5, 5.41) is 14.1. The first-order valence-electron chi connectivity index (χ1n) is 9.20. The number of aromatic nitrogens is 1. The summed E-state index contributed by atoms with van der Waals surface area (Å²) in [4.78, 5) is 30.5. The number of nitrogens with one attached hydrogen (secondary N) is 1. The van der Waals surface area contributed by atoms with Gasteiger partial charge in [-0.1, -0.05) is 0 Å². The monoisotopic (exact) mass is 416 g/mol. The fraction of sp³-hybridized carbons (Fsp3) is 0.400. The van der Waals surface area contributed by atoms with Gasteiger partial charge in [0.1, 0.15) is 17.4 Å². The molecule has 0 bridgehead atoms. The Morgan fingerprint density at radius 2 is 2.31 bits per heavy atom. The number of benzene rings is 1. The van der Waals surface area contributed by atoms with Gasteiger partial charge in [-0.05, 0) is 31.0 Å². The Hall–Kier alpha value is -2.83. The average Bonchev–Trinajstić information content (AvgIpc) is 3.20. The predicted molar refractivity (Wildman–Crippen MR) is 105 cm³/mol. The van der Waals surface area contributed by atoms with E-state index in [9.17, 15) is 14.0 Å². The van der Waals surface area contributed by atoms with Crippen LogP contribution >= 0.6 is 11.3 Å². The molecule has 0 unspecified atom stereocenters. The van der Waals surface area contributed by atoms with Crippen LogP contribution in [0, 0.1) is 23.1 Å². The van der Waals surface area contributed by atoms with E-state index in [4.69, 9.17) is 10.00 Å². The maximum Gasteiger partial charge on any atom is 0.248 e. The van der Waals surface area contributed by atoms with Gasteiger partial charge in [0.15, 0.2) is 0 Å². The summed E-state index contributed by atoms with van der Waals surface area (Å²) in [7, 11) is 1.47. The highest BCUT2D eigenvalue weighted by atomic mass is 32.1. The molecule has 7 nitrogen and oxygen atoms in total. The lowest BCUT2D eigenvalue weighted by Gasteiger charge is -2.31. The van der Waals surface area contributed by atoms with Gasteiger partial charge in [0.05, 0.1) is 29.8 Å². The van der Waals surface area contributed by atoms with E-state index < -0.39 is 5.82 Å². The van der Waals surface area contributed by atoms with Crippen LogP contribution in [0.25, 0.3) is 11.3 Å². The van der Waals surface area contributed by atoms with Crippen LogP contribution in [0.5, 0.6) is 0 Å². The molecule has 1 aromatic heterocycles. The van der Waals surface area contributed by atoms with Crippen LogP contribution in [0.4, 0.5) is 4.39 Å². The zero-order valence-electron chi connectivity index (χ0n) is 16.0. The van der Waals surface area contributed by atoms with E-state index in [-0.39, 0.29) is 36.4 Å². The number of likely N-dealkylation sites (tertiary alicyclic amines) is 1. The van der Waals surface area contributed by atoms with E-state index >= 15 is 0 Å². The summed E-state index contributed by atoms with van der Waals surface area (Å²) in [5.74, 6) is -1.01. The Morgan fingerprint density at radius 3 is 3.03 bits per heavy atom. The first-order chi connectivity index (χ1) is 14.0. The number of methoxy groups -OCH3 is 1. The van der Waals surface area contributed by atoms with E-state index in [0.29, 0.717) is 29.4 Å². The highest BCUT2D eigenvalue weighted by Crippen LogP contribution is 2.25. The van der Waals surface area contributed by atoms with Crippen molar-refractivity contribution < 1.29 is 18.7 Å². The van der Waals surface area contributed by atoms with E-state index in [1.807, 2.05) is 6.07 Å². The van der Waals surface area contributed by atoms with Crippen molar-refractivity contribution in [3.8, 4) is 17.3 Å². The van der Waals surface area contributed by atoms with Crippen LogP contribution < -0.4 is 5.32 Å². The smallest absolute Gasteiger partial charge is 0.248 e. The van der Waals surface area contributed by atoms with Crippen LogP contribution in [-0.4, -0.2) is 48.5 Å². The molecule has 2 heterocycles. The molecule has 0 aliphatic carbocycles. The fourth-order valence-corrected chi connectivity index (χ4v) is 3.98. The third-order valence-corrected chi connectivity index (χ3v) is 5.60. The summed E-state index contributed by atoms with van der Waals surface area (Å²) in [6.07, 6.45) is 1.50. The van der Waals surface area contributed by atoms with Crippen LogP contribution in [-0.2, 0) is 20.9 Å². The number of piperidine rings is 1. The van der Waals surface area contributed by atoms with Gasteiger partial charge in [-0.2, -0.15) is 5.26 Å². The summed E-state index contributed by atoms with van der Waals surface area (Å²) >= 11 is 1.33. The Balaban J connectivity index is 1.57. The molecule has 1 aliphatic rings. The number of ether oxygens (including phenoxy) is 1. The van der Waals surface area contributed by atoms with Gasteiger partial charge in [0, 0.05) is 31.1 Å². The topological polar surface area (TPSA) is 95.3 Å². The van der Waals surface area contributed by atoms with Gasteiger partial charge >= 0.3 is 0 Å². The summed E-state index contributed by atoms with van der Waals surface area (Å²) in [6.45, 7) is 1.28. The van der Waals surface area contributed by atoms with Crippen molar-refractivity contribution in [2.45, 2.75) is 19.4 Å². The van der Waals surface area contributed by atoms with Gasteiger partial charge in [-0.25, -0.2) is 9.37 Å². The number of thiazole rings is 1. The molecule has 1 atom stereocenters. The van der Waals surface area contributed by atoms with Crippen molar-refractivity contribution in [2.24, 2.45) is 5.92 Å². The van der Waals surface area contributed by atoms with Crippen LogP contribution in [0.2, 0.25) is 0 Å². The second-order valence-corrected chi connectivity index (χ2v) is 7.71. The normalized spacial score (nSPS) is 16.3. The molecule has 1 N–H and O–H groups in total. The molecule has 1 aromatic carbocycles. The maximum absolute atomic E-state index is 14.1. The quantitative estimate of drug-likeness (QED) is 0.780. The zero-order chi connectivity index (χ0) is 20.8. The summed E-state index contributed by atoms with van der Waals surface area (Å²) in [5.41, 5.74) is 1.03. The molecule has 0 spiro atoms. The lowest BCUT2D eigenvalue weighted by molar-refractivity contribution is -0.139.